The number of nitriles is 1. The van der Waals surface area contributed by atoms with Gasteiger partial charge in [-0.2, -0.15) is 5.26 Å². The van der Waals surface area contributed by atoms with E-state index in [1.807, 2.05) is 36.0 Å². The summed E-state index contributed by atoms with van der Waals surface area (Å²) in [7, 11) is 0. The second-order valence-corrected chi connectivity index (χ2v) is 7.76. The number of allylic oxidation sites excluding steroid dienone is 2. The number of thioether (sulfide) groups is 1. The summed E-state index contributed by atoms with van der Waals surface area (Å²) in [6.45, 7) is 5.87. The highest BCUT2D eigenvalue weighted by atomic mass is 32.2. The van der Waals surface area contributed by atoms with Crippen molar-refractivity contribution < 1.29 is 14.3 Å². The summed E-state index contributed by atoms with van der Waals surface area (Å²) in [5, 5.41) is 9.60. The van der Waals surface area contributed by atoms with E-state index in [-0.39, 0.29) is 18.1 Å². The second kappa shape index (κ2) is 10.8. The number of carbonyl (C=O) groups excluding carboxylic acids is 1. The number of nitrogens with zero attached hydrogens (tertiary/aromatic N) is 1. The molecule has 0 radical (unpaired) electrons. The standard InChI is InChI=1S/C22H28N2O3S/c1-4-6-7-8-13-28-17-11-9-16(10-12-17)20-18(14-23)21(24)27-15(3)19(20)22(25)26-5-2/h9-12,20H,4-8,13,24H2,1-3H3. The van der Waals surface area contributed by atoms with Crippen molar-refractivity contribution in [1.82, 2.24) is 0 Å². The van der Waals surface area contributed by atoms with Crippen LogP contribution in [0.5, 0.6) is 0 Å². The Hall–Kier alpha value is -2.39. The molecule has 1 atom stereocenters. The molecule has 0 bridgehead atoms. The zero-order valence-corrected chi connectivity index (χ0v) is 17.6. The first kappa shape index (κ1) is 21.9. The number of ether oxygens (including phenoxy) is 2. The lowest BCUT2D eigenvalue weighted by atomic mass is 9.83. The quantitative estimate of drug-likeness (QED) is 0.356. The second-order valence-electron chi connectivity index (χ2n) is 6.59. The molecule has 1 aromatic rings. The van der Waals surface area contributed by atoms with E-state index in [1.165, 1.54) is 30.6 Å². The molecule has 1 aromatic carbocycles. The van der Waals surface area contributed by atoms with Crippen LogP contribution in [-0.2, 0) is 14.3 Å². The first-order chi connectivity index (χ1) is 13.5. The van der Waals surface area contributed by atoms with Crippen LogP contribution in [0.1, 0.15) is 57.9 Å². The average Bonchev–Trinajstić information content (AvgIpc) is 2.68. The van der Waals surface area contributed by atoms with Crippen molar-refractivity contribution in [2.45, 2.75) is 57.3 Å². The van der Waals surface area contributed by atoms with Crippen molar-refractivity contribution in [2.24, 2.45) is 5.73 Å². The molecule has 150 valence electrons. The van der Waals surface area contributed by atoms with E-state index in [1.54, 1.807) is 13.8 Å². The Morgan fingerprint density at radius 3 is 2.57 bits per heavy atom. The lowest BCUT2D eigenvalue weighted by molar-refractivity contribution is -0.139. The fraction of sp³-hybridized carbons (Fsp3) is 0.455. The third kappa shape index (κ3) is 5.32. The number of carbonyl (C=O) groups is 1. The lowest BCUT2D eigenvalue weighted by Gasteiger charge is -2.26. The predicted octanol–water partition coefficient (Wildman–Crippen LogP) is 5.00. The topological polar surface area (TPSA) is 85.3 Å². The molecule has 0 aromatic heterocycles. The van der Waals surface area contributed by atoms with Crippen molar-refractivity contribution in [2.75, 3.05) is 12.4 Å². The first-order valence-electron chi connectivity index (χ1n) is 9.71. The highest BCUT2D eigenvalue weighted by Crippen LogP contribution is 2.40. The Morgan fingerprint density at radius 2 is 1.96 bits per heavy atom. The van der Waals surface area contributed by atoms with Crippen molar-refractivity contribution in [3.8, 4) is 6.07 Å². The minimum absolute atomic E-state index is 0.0347. The summed E-state index contributed by atoms with van der Waals surface area (Å²) in [6, 6.07) is 10.0. The molecule has 0 amide bonds. The molecule has 0 aliphatic carbocycles. The van der Waals surface area contributed by atoms with Gasteiger partial charge in [-0.25, -0.2) is 4.79 Å². The normalized spacial score (nSPS) is 16.6. The van der Waals surface area contributed by atoms with Crippen LogP contribution in [0.4, 0.5) is 0 Å². The summed E-state index contributed by atoms with van der Waals surface area (Å²) < 4.78 is 10.6. The smallest absolute Gasteiger partial charge is 0.338 e. The van der Waals surface area contributed by atoms with E-state index in [0.29, 0.717) is 11.3 Å². The van der Waals surface area contributed by atoms with Crippen LogP contribution in [-0.4, -0.2) is 18.3 Å². The zero-order chi connectivity index (χ0) is 20.5. The summed E-state index contributed by atoms with van der Waals surface area (Å²) in [5.74, 6) is 0.419. The third-order valence-electron chi connectivity index (χ3n) is 4.58. The molecule has 1 unspecified atom stereocenters. The van der Waals surface area contributed by atoms with Crippen molar-refractivity contribution >= 4 is 17.7 Å². The molecule has 6 heteroatoms. The number of benzene rings is 1. The number of nitrogens with two attached hydrogens (primary N) is 1. The molecule has 0 spiro atoms. The van der Waals surface area contributed by atoms with Crippen LogP contribution < -0.4 is 5.73 Å². The molecule has 1 aliphatic heterocycles. The van der Waals surface area contributed by atoms with Crippen LogP contribution in [0.3, 0.4) is 0 Å². The van der Waals surface area contributed by atoms with Gasteiger partial charge in [0, 0.05) is 4.90 Å². The molecule has 2 N–H and O–H groups in total. The van der Waals surface area contributed by atoms with E-state index < -0.39 is 11.9 Å². The van der Waals surface area contributed by atoms with E-state index in [9.17, 15) is 10.1 Å². The van der Waals surface area contributed by atoms with Gasteiger partial charge in [0.05, 0.1) is 18.1 Å². The molecule has 1 aliphatic rings. The Kier molecular flexibility index (Phi) is 8.46. The Morgan fingerprint density at radius 1 is 1.25 bits per heavy atom. The summed E-state index contributed by atoms with van der Waals surface area (Å²) >= 11 is 1.82. The van der Waals surface area contributed by atoms with Gasteiger partial charge in [-0.05, 0) is 43.7 Å². The Labute approximate surface area is 171 Å². The Bertz CT molecular complexity index is 791. The minimum Gasteiger partial charge on any atom is -0.463 e. The van der Waals surface area contributed by atoms with E-state index >= 15 is 0 Å². The van der Waals surface area contributed by atoms with Gasteiger partial charge in [-0.15, -0.1) is 11.8 Å². The van der Waals surface area contributed by atoms with Crippen LogP contribution in [0.15, 0.2) is 51.9 Å². The van der Waals surface area contributed by atoms with E-state index in [4.69, 9.17) is 15.2 Å². The van der Waals surface area contributed by atoms with Gasteiger partial charge in [0.1, 0.15) is 17.4 Å². The van der Waals surface area contributed by atoms with Gasteiger partial charge >= 0.3 is 5.97 Å². The van der Waals surface area contributed by atoms with Gasteiger partial charge in [0.25, 0.3) is 0 Å². The molecule has 0 saturated carbocycles. The summed E-state index contributed by atoms with van der Waals surface area (Å²) in [6.07, 6.45) is 4.97. The van der Waals surface area contributed by atoms with Gasteiger partial charge < -0.3 is 15.2 Å². The molecule has 0 fully saturated rings. The van der Waals surface area contributed by atoms with Crippen LogP contribution in [0, 0.1) is 11.3 Å². The number of rotatable bonds is 9. The molecule has 0 saturated heterocycles. The maximum atomic E-state index is 12.5. The largest absolute Gasteiger partial charge is 0.463 e. The maximum Gasteiger partial charge on any atom is 0.338 e. The van der Waals surface area contributed by atoms with Crippen molar-refractivity contribution in [3.05, 3.63) is 52.6 Å². The molecule has 5 nitrogen and oxygen atoms in total. The first-order valence-corrected chi connectivity index (χ1v) is 10.7. The molecule has 1 heterocycles. The summed E-state index contributed by atoms with van der Waals surface area (Å²) in [5.41, 5.74) is 7.30. The van der Waals surface area contributed by atoms with Crippen LogP contribution in [0.25, 0.3) is 0 Å². The van der Waals surface area contributed by atoms with Gasteiger partial charge in [0.2, 0.25) is 5.88 Å². The molecule has 28 heavy (non-hydrogen) atoms. The van der Waals surface area contributed by atoms with Crippen molar-refractivity contribution in [3.63, 3.8) is 0 Å². The number of hydrogen-bond donors (Lipinski definition) is 1. The molecular weight excluding hydrogens is 372 g/mol. The highest BCUT2D eigenvalue weighted by molar-refractivity contribution is 7.99. The van der Waals surface area contributed by atoms with Gasteiger partial charge in [0.15, 0.2) is 0 Å². The van der Waals surface area contributed by atoms with Gasteiger partial charge in [-0.3, -0.25) is 0 Å². The lowest BCUT2D eigenvalue weighted by Crippen LogP contribution is -2.25. The highest BCUT2D eigenvalue weighted by Gasteiger charge is 2.36. The SMILES string of the molecule is CCCCCCSc1ccc(C2C(C#N)=C(N)OC(C)=C2C(=O)OCC)cc1. The maximum absolute atomic E-state index is 12.5. The van der Waals surface area contributed by atoms with Gasteiger partial charge in [-0.1, -0.05) is 38.3 Å². The third-order valence-corrected chi connectivity index (χ3v) is 5.68. The molecule has 2 rings (SSSR count). The number of hydrogen-bond acceptors (Lipinski definition) is 6. The zero-order valence-electron chi connectivity index (χ0n) is 16.8. The Balaban J connectivity index is 2.24. The minimum atomic E-state index is -0.582. The molecular formula is C22H28N2O3S. The van der Waals surface area contributed by atoms with Crippen LogP contribution in [0.2, 0.25) is 0 Å². The van der Waals surface area contributed by atoms with Crippen molar-refractivity contribution in [1.29, 1.82) is 5.26 Å². The van der Waals surface area contributed by atoms with E-state index in [0.717, 1.165) is 11.3 Å². The number of esters is 1. The fourth-order valence-corrected chi connectivity index (χ4v) is 4.08. The average molecular weight is 401 g/mol. The van der Waals surface area contributed by atoms with E-state index in [2.05, 4.69) is 13.0 Å². The fourth-order valence-electron chi connectivity index (χ4n) is 3.16. The summed E-state index contributed by atoms with van der Waals surface area (Å²) in [4.78, 5) is 13.7. The number of unbranched alkanes of at least 4 members (excludes halogenated alkanes) is 3. The monoisotopic (exact) mass is 400 g/mol. The predicted molar refractivity (Wildman–Crippen MR) is 111 cm³/mol. The van der Waals surface area contributed by atoms with Crippen LogP contribution >= 0.6 is 11.8 Å².